The summed E-state index contributed by atoms with van der Waals surface area (Å²) in [5, 5.41) is 11.9. The number of para-hydroxylation sites is 1. The number of aromatic nitrogens is 5. The summed E-state index contributed by atoms with van der Waals surface area (Å²) in [5.74, 6) is 0.273. The van der Waals surface area contributed by atoms with Crippen LogP contribution in [0, 0.1) is 6.92 Å². The van der Waals surface area contributed by atoms with E-state index >= 15 is 0 Å². The Bertz CT molecular complexity index is 1350. The molecule has 1 amide bonds. The van der Waals surface area contributed by atoms with Crippen LogP contribution in [0.4, 0.5) is 5.82 Å². The second-order valence-corrected chi connectivity index (χ2v) is 6.93. The molecule has 0 aliphatic rings. The Balaban J connectivity index is 1.60. The van der Waals surface area contributed by atoms with E-state index in [2.05, 4.69) is 15.4 Å². The predicted octanol–water partition coefficient (Wildman–Crippen LogP) is 4.14. The van der Waals surface area contributed by atoms with Crippen molar-refractivity contribution in [3.05, 3.63) is 96.4 Å². The molecule has 0 bridgehead atoms. The first-order valence-corrected chi connectivity index (χ1v) is 9.51. The first kappa shape index (κ1) is 17.8. The zero-order valence-electron chi connectivity index (χ0n) is 16.2. The third-order valence-corrected chi connectivity index (χ3v) is 4.80. The highest BCUT2D eigenvalue weighted by Gasteiger charge is 2.20. The second-order valence-electron chi connectivity index (χ2n) is 6.93. The molecule has 146 valence electrons. The third-order valence-electron chi connectivity index (χ3n) is 4.80. The van der Waals surface area contributed by atoms with Crippen molar-refractivity contribution in [2.24, 2.45) is 0 Å². The highest BCUT2D eigenvalue weighted by Crippen LogP contribution is 2.25. The Morgan fingerprint density at radius 2 is 1.83 bits per heavy atom. The van der Waals surface area contributed by atoms with Gasteiger partial charge in [-0.05, 0) is 31.2 Å². The van der Waals surface area contributed by atoms with Crippen molar-refractivity contribution in [3.8, 4) is 16.9 Å². The minimum absolute atomic E-state index is 0.267. The Hall–Kier alpha value is -4.26. The highest BCUT2D eigenvalue weighted by atomic mass is 16.1. The molecule has 5 rings (SSSR count). The van der Waals surface area contributed by atoms with Crippen LogP contribution < -0.4 is 5.32 Å². The van der Waals surface area contributed by atoms with Crippen LogP contribution >= 0.6 is 0 Å². The predicted molar refractivity (Wildman–Crippen MR) is 115 cm³/mol. The molecule has 3 aromatic heterocycles. The molecule has 0 atom stereocenters. The molecule has 0 saturated heterocycles. The van der Waals surface area contributed by atoms with Gasteiger partial charge in [0.25, 0.3) is 5.91 Å². The van der Waals surface area contributed by atoms with Gasteiger partial charge in [0.05, 0.1) is 17.4 Å². The lowest BCUT2D eigenvalue weighted by atomic mass is 10.1. The number of nitrogens with one attached hydrogen (secondary N) is 1. The number of hydrogen-bond donors (Lipinski definition) is 1. The van der Waals surface area contributed by atoms with Crippen LogP contribution in [0.15, 0.2) is 85.3 Å². The van der Waals surface area contributed by atoms with Gasteiger partial charge in [0.15, 0.2) is 5.65 Å². The number of rotatable bonds is 4. The quantitative estimate of drug-likeness (QED) is 0.497. The molecule has 0 aliphatic heterocycles. The minimum Gasteiger partial charge on any atom is -0.306 e. The van der Waals surface area contributed by atoms with Crippen LogP contribution in [0.5, 0.6) is 0 Å². The van der Waals surface area contributed by atoms with Crippen molar-refractivity contribution < 1.29 is 4.79 Å². The van der Waals surface area contributed by atoms with Crippen molar-refractivity contribution in [1.29, 1.82) is 0 Å². The van der Waals surface area contributed by atoms with Crippen molar-refractivity contribution in [2.75, 3.05) is 5.32 Å². The lowest BCUT2D eigenvalue weighted by Gasteiger charge is -2.07. The van der Waals surface area contributed by atoms with E-state index in [-0.39, 0.29) is 5.91 Å². The van der Waals surface area contributed by atoms with E-state index in [1.54, 1.807) is 39.9 Å². The number of carbonyl (C=O) groups excluding carboxylic acids is 1. The number of anilines is 1. The molecule has 7 nitrogen and oxygen atoms in total. The molecule has 1 N–H and O–H groups in total. The van der Waals surface area contributed by atoms with E-state index in [4.69, 9.17) is 5.10 Å². The molecule has 0 fully saturated rings. The molecule has 30 heavy (non-hydrogen) atoms. The Morgan fingerprint density at radius 1 is 0.967 bits per heavy atom. The summed E-state index contributed by atoms with van der Waals surface area (Å²) >= 11 is 0. The molecule has 0 unspecified atom stereocenters. The zero-order valence-corrected chi connectivity index (χ0v) is 16.2. The van der Waals surface area contributed by atoms with Gasteiger partial charge in [-0.25, -0.2) is 9.67 Å². The largest absolute Gasteiger partial charge is 0.306 e. The van der Waals surface area contributed by atoms with Crippen LogP contribution in [0.1, 0.15) is 15.9 Å². The first-order valence-electron chi connectivity index (χ1n) is 9.51. The van der Waals surface area contributed by atoms with Gasteiger partial charge in [-0.3, -0.25) is 4.79 Å². The fourth-order valence-corrected chi connectivity index (χ4v) is 3.37. The lowest BCUT2D eigenvalue weighted by molar-refractivity contribution is 0.102. The number of nitrogens with zero attached hydrogens (tertiary/aromatic N) is 5. The SMILES string of the molecule is Cc1cccc(-c2nn(-c3ccccc3)cc2C(=O)Nc2ccnc3ccnn23)c1. The van der Waals surface area contributed by atoms with Crippen molar-refractivity contribution in [1.82, 2.24) is 24.4 Å². The van der Waals surface area contributed by atoms with Crippen LogP contribution in [0.25, 0.3) is 22.6 Å². The van der Waals surface area contributed by atoms with Crippen molar-refractivity contribution in [2.45, 2.75) is 6.92 Å². The van der Waals surface area contributed by atoms with E-state index in [9.17, 15) is 4.79 Å². The molecule has 0 radical (unpaired) electrons. The molecule has 5 aromatic rings. The Labute approximate surface area is 172 Å². The van der Waals surface area contributed by atoms with Crippen LogP contribution in [-0.2, 0) is 0 Å². The summed E-state index contributed by atoms with van der Waals surface area (Å²) in [7, 11) is 0. The van der Waals surface area contributed by atoms with Gasteiger partial charge < -0.3 is 5.32 Å². The molecular weight excluding hydrogens is 376 g/mol. The van der Waals surface area contributed by atoms with Crippen LogP contribution in [-0.4, -0.2) is 30.3 Å². The summed E-state index contributed by atoms with van der Waals surface area (Å²) < 4.78 is 3.31. The highest BCUT2D eigenvalue weighted by molar-refractivity contribution is 6.07. The number of benzene rings is 2. The van der Waals surface area contributed by atoms with Gasteiger partial charge in [-0.1, -0.05) is 42.0 Å². The summed E-state index contributed by atoms with van der Waals surface area (Å²) in [6.07, 6.45) is 5.04. The number of hydrogen-bond acceptors (Lipinski definition) is 4. The average Bonchev–Trinajstić information content (AvgIpc) is 3.42. The summed E-state index contributed by atoms with van der Waals surface area (Å²) in [6.45, 7) is 2.02. The first-order chi connectivity index (χ1) is 14.7. The smallest absolute Gasteiger partial charge is 0.260 e. The summed E-state index contributed by atoms with van der Waals surface area (Å²) in [5.41, 5.74) is 4.61. The Morgan fingerprint density at radius 3 is 2.67 bits per heavy atom. The van der Waals surface area contributed by atoms with Gasteiger partial charge in [0, 0.05) is 24.0 Å². The molecule has 0 aliphatic carbocycles. The standard InChI is InChI=1S/C23H18N6O/c1-16-6-5-7-17(14-16)22-19(15-28(27-22)18-8-3-2-4-9-18)23(30)26-21-10-12-24-20-11-13-25-29(20)21/h2-15H,1H3,(H,26,30). The normalized spacial score (nSPS) is 11.0. The maximum Gasteiger partial charge on any atom is 0.260 e. The molecular formula is C23H18N6O. The van der Waals surface area contributed by atoms with Crippen molar-refractivity contribution >= 4 is 17.4 Å². The van der Waals surface area contributed by atoms with E-state index in [1.807, 2.05) is 61.5 Å². The fraction of sp³-hybridized carbons (Fsp3) is 0.0435. The summed E-state index contributed by atoms with van der Waals surface area (Å²) in [4.78, 5) is 17.5. The minimum atomic E-state index is -0.267. The molecule has 3 heterocycles. The number of fused-ring (bicyclic) bond motifs is 1. The fourth-order valence-electron chi connectivity index (χ4n) is 3.37. The number of aryl methyl sites for hydroxylation is 1. The number of carbonyl (C=O) groups is 1. The van der Waals surface area contributed by atoms with Crippen LogP contribution in [0.2, 0.25) is 0 Å². The van der Waals surface area contributed by atoms with E-state index in [1.165, 1.54) is 0 Å². The molecule has 0 saturated carbocycles. The Kier molecular flexibility index (Phi) is 4.33. The van der Waals surface area contributed by atoms with Crippen LogP contribution in [0.3, 0.4) is 0 Å². The van der Waals surface area contributed by atoms with Gasteiger partial charge in [0.1, 0.15) is 11.5 Å². The van der Waals surface area contributed by atoms with Crippen molar-refractivity contribution in [3.63, 3.8) is 0 Å². The topological polar surface area (TPSA) is 77.1 Å². The molecule has 7 heteroatoms. The lowest BCUT2D eigenvalue weighted by Crippen LogP contribution is -2.15. The second kappa shape index (κ2) is 7.29. The maximum absolute atomic E-state index is 13.3. The molecule has 2 aromatic carbocycles. The maximum atomic E-state index is 13.3. The van der Waals surface area contributed by atoms with Gasteiger partial charge in [0.2, 0.25) is 0 Å². The average molecular weight is 394 g/mol. The van der Waals surface area contributed by atoms with Gasteiger partial charge in [-0.2, -0.15) is 14.7 Å². The van der Waals surface area contributed by atoms with E-state index in [0.717, 1.165) is 16.8 Å². The third kappa shape index (κ3) is 3.22. The van der Waals surface area contributed by atoms with E-state index in [0.29, 0.717) is 22.7 Å². The monoisotopic (exact) mass is 394 g/mol. The summed E-state index contributed by atoms with van der Waals surface area (Å²) in [6, 6.07) is 21.2. The molecule has 0 spiro atoms. The zero-order chi connectivity index (χ0) is 20.5. The number of amides is 1. The van der Waals surface area contributed by atoms with Gasteiger partial charge in [-0.15, -0.1) is 0 Å². The van der Waals surface area contributed by atoms with E-state index < -0.39 is 0 Å². The van der Waals surface area contributed by atoms with Gasteiger partial charge >= 0.3 is 0 Å².